The van der Waals surface area contributed by atoms with Crippen molar-refractivity contribution in [1.82, 2.24) is 10.2 Å². The highest BCUT2D eigenvalue weighted by molar-refractivity contribution is 5.36. The van der Waals surface area contributed by atoms with E-state index in [9.17, 15) is 0 Å². The zero-order valence-corrected chi connectivity index (χ0v) is 9.07. The van der Waals surface area contributed by atoms with Gasteiger partial charge in [-0.25, -0.2) is 0 Å². The van der Waals surface area contributed by atoms with Gasteiger partial charge in [0.25, 0.3) is 0 Å². The largest absolute Gasteiger partial charge is 0.159 e. The number of hydrogen-bond acceptors (Lipinski definition) is 2. The molecule has 1 heterocycles. The molecule has 0 unspecified atom stereocenters. The van der Waals surface area contributed by atoms with E-state index in [0.717, 1.165) is 12.1 Å². The van der Waals surface area contributed by atoms with Crippen molar-refractivity contribution in [3.63, 3.8) is 0 Å². The Labute approximate surface area is 90.0 Å². The summed E-state index contributed by atoms with van der Waals surface area (Å²) in [6.45, 7) is 4.28. The maximum atomic E-state index is 4.11. The number of aromatic nitrogens is 2. The molecule has 2 nitrogen and oxygen atoms in total. The summed E-state index contributed by atoms with van der Waals surface area (Å²) >= 11 is 0. The fourth-order valence-corrected chi connectivity index (χ4v) is 1.74. The molecule has 0 atom stereocenters. The summed E-state index contributed by atoms with van der Waals surface area (Å²) in [7, 11) is 0. The Hall–Kier alpha value is -1.70. The van der Waals surface area contributed by atoms with Gasteiger partial charge in [-0.1, -0.05) is 18.2 Å². The molecule has 0 aliphatic carbocycles. The van der Waals surface area contributed by atoms with Crippen molar-refractivity contribution in [3.05, 3.63) is 58.9 Å². The Morgan fingerprint density at radius 1 is 1.00 bits per heavy atom. The first-order chi connectivity index (χ1) is 7.27. The maximum Gasteiger partial charge on any atom is 0.0675 e. The van der Waals surface area contributed by atoms with Crippen LogP contribution in [0.1, 0.15) is 22.4 Å². The van der Waals surface area contributed by atoms with Crippen LogP contribution in [0.5, 0.6) is 0 Å². The minimum Gasteiger partial charge on any atom is -0.159 e. The summed E-state index contributed by atoms with van der Waals surface area (Å²) in [6.07, 6.45) is 2.57. The highest BCUT2D eigenvalue weighted by atomic mass is 15.1. The van der Waals surface area contributed by atoms with Crippen LogP contribution in [-0.2, 0) is 6.42 Å². The maximum absolute atomic E-state index is 4.11. The van der Waals surface area contributed by atoms with Gasteiger partial charge in [0.2, 0.25) is 0 Å². The Balaban J connectivity index is 2.32. The fourth-order valence-electron chi connectivity index (χ4n) is 1.74. The molecule has 2 aromatic rings. The first kappa shape index (κ1) is 9.84. The Morgan fingerprint density at radius 3 is 2.33 bits per heavy atom. The Kier molecular flexibility index (Phi) is 2.77. The van der Waals surface area contributed by atoms with E-state index in [0.29, 0.717) is 0 Å². The van der Waals surface area contributed by atoms with E-state index >= 15 is 0 Å². The third-order valence-electron chi connectivity index (χ3n) is 2.63. The van der Waals surface area contributed by atoms with Gasteiger partial charge in [-0.05, 0) is 42.7 Å². The average molecular weight is 198 g/mol. The molecule has 2 rings (SSSR count). The summed E-state index contributed by atoms with van der Waals surface area (Å²) in [4.78, 5) is 0. The van der Waals surface area contributed by atoms with Crippen LogP contribution in [0.25, 0.3) is 0 Å². The van der Waals surface area contributed by atoms with Crippen molar-refractivity contribution in [2.75, 3.05) is 0 Å². The molecule has 0 saturated carbocycles. The lowest BCUT2D eigenvalue weighted by molar-refractivity contribution is 0.928. The zero-order valence-electron chi connectivity index (χ0n) is 9.07. The molecule has 0 fully saturated rings. The van der Waals surface area contributed by atoms with Crippen LogP contribution in [0.4, 0.5) is 0 Å². The van der Waals surface area contributed by atoms with Crippen LogP contribution < -0.4 is 0 Å². The summed E-state index contributed by atoms with van der Waals surface area (Å²) < 4.78 is 0. The van der Waals surface area contributed by atoms with Crippen LogP contribution in [0.3, 0.4) is 0 Å². The lowest BCUT2D eigenvalue weighted by Gasteiger charge is -2.08. The van der Waals surface area contributed by atoms with Gasteiger partial charge < -0.3 is 0 Å². The van der Waals surface area contributed by atoms with E-state index in [2.05, 4.69) is 42.2 Å². The lowest BCUT2D eigenvalue weighted by atomic mass is 9.99. The second-order valence-corrected chi connectivity index (χ2v) is 3.76. The molecule has 0 spiro atoms. The molecule has 1 aromatic heterocycles. The Bertz CT molecular complexity index is 429. The monoisotopic (exact) mass is 198 g/mol. The molecule has 15 heavy (non-hydrogen) atoms. The van der Waals surface area contributed by atoms with Crippen molar-refractivity contribution >= 4 is 0 Å². The molecule has 0 bridgehead atoms. The molecule has 0 aliphatic rings. The summed E-state index contributed by atoms with van der Waals surface area (Å²) in [5.74, 6) is 0. The van der Waals surface area contributed by atoms with Gasteiger partial charge in [0.05, 0.1) is 5.69 Å². The third-order valence-corrected chi connectivity index (χ3v) is 2.63. The molecule has 1 aromatic carbocycles. The second-order valence-electron chi connectivity index (χ2n) is 3.76. The van der Waals surface area contributed by atoms with E-state index in [1.165, 1.54) is 16.7 Å². The average Bonchev–Trinajstić information content (AvgIpc) is 2.25. The summed E-state index contributed by atoms with van der Waals surface area (Å²) in [6, 6.07) is 10.3. The predicted octanol–water partition coefficient (Wildman–Crippen LogP) is 2.68. The van der Waals surface area contributed by atoms with Gasteiger partial charge in [-0.2, -0.15) is 10.2 Å². The van der Waals surface area contributed by atoms with Crippen LogP contribution >= 0.6 is 0 Å². The highest BCUT2D eigenvalue weighted by Gasteiger charge is 2.03. The van der Waals surface area contributed by atoms with Gasteiger partial charge in [-0.15, -0.1) is 0 Å². The second kappa shape index (κ2) is 4.22. The number of hydrogen-bond donors (Lipinski definition) is 0. The van der Waals surface area contributed by atoms with Crippen LogP contribution in [0.15, 0.2) is 36.5 Å². The smallest absolute Gasteiger partial charge is 0.0675 e. The van der Waals surface area contributed by atoms with Gasteiger partial charge in [-0.3, -0.25) is 0 Å². The quantitative estimate of drug-likeness (QED) is 0.741. The normalized spacial score (nSPS) is 10.3. The van der Waals surface area contributed by atoms with Crippen LogP contribution in [0, 0.1) is 13.8 Å². The van der Waals surface area contributed by atoms with E-state index in [4.69, 9.17) is 0 Å². The topological polar surface area (TPSA) is 25.8 Å². The van der Waals surface area contributed by atoms with Crippen LogP contribution in [-0.4, -0.2) is 10.2 Å². The molecule has 0 amide bonds. The minimum absolute atomic E-state index is 0.867. The molecular weight excluding hydrogens is 184 g/mol. The summed E-state index contributed by atoms with van der Waals surface area (Å²) in [5.41, 5.74) is 5.02. The predicted molar refractivity (Wildman–Crippen MR) is 60.8 cm³/mol. The van der Waals surface area contributed by atoms with E-state index in [1.54, 1.807) is 6.20 Å². The molecule has 0 radical (unpaired) electrons. The molecule has 76 valence electrons. The molecule has 0 saturated heterocycles. The zero-order chi connectivity index (χ0) is 10.7. The van der Waals surface area contributed by atoms with Gasteiger partial charge in [0.1, 0.15) is 0 Å². The van der Waals surface area contributed by atoms with E-state index in [1.807, 2.05) is 12.1 Å². The van der Waals surface area contributed by atoms with Crippen molar-refractivity contribution in [1.29, 1.82) is 0 Å². The number of rotatable bonds is 2. The first-order valence-electron chi connectivity index (χ1n) is 5.09. The van der Waals surface area contributed by atoms with Crippen molar-refractivity contribution in [2.24, 2.45) is 0 Å². The molecular formula is C13H14N2. The van der Waals surface area contributed by atoms with Gasteiger partial charge in [0.15, 0.2) is 0 Å². The van der Waals surface area contributed by atoms with Crippen molar-refractivity contribution in [3.8, 4) is 0 Å². The van der Waals surface area contributed by atoms with Crippen LogP contribution in [0.2, 0.25) is 0 Å². The van der Waals surface area contributed by atoms with E-state index in [-0.39, 0.29) is 0 Å². The SMILES string of the molecule is Cc1cccc(C)c1Cc1cccnn1. The molecule has 0 N–H and O–H groups in total. The number of nitrogens with zero attached hydrogens (tertiary/aromatic N) is 2. The summed E-state index contributed by atoms with van der Waals surface area (Å²) in [5, 5.41) is 8.00. The first-order valence-corrected chi connectivity index (χ1v) is 5.09. The lowest BCUT2D eigenvalue weighted by Crippen LogP contribution is -1.98. The highest BCUT2D eigenvalue weighted by Crippen LogP contribution is 2.16. The fraction of sp³-hybridized carbons (Fsp3) is 0.231. The van der Waals surface area contributed by atoms with Crippen molar-refractivity contribution < 1.29 is 0 Å². The van der Waals surface area contributed by atoms with E-state index < -0.39 is 0 Å². The molecule has 0 aliphatic heterocycles. The van der Waals surface area contributed by atoms with Crippen molar-refractivity contribution in [2.45, 2.75) is 20.3 Å². The molecule has 2 heteroatoms. The number of benzene rings is 1. The van der Waals surface area contributed by atoms with Gasteiger partial charge >= 0.3 is 0 Å². The van der Waals surface area contributed by atoms with Gasteiger partial charge in [0, 0.05) is 12.6 Å². The third kappa shape index (κ3) is 2.21. The Morgan fingerprint density at radius 2 is 1.73 bits per heavy atom. The number of aryl methyl sites for hydroxylation is 2. The minimum atomic E-state index is 0.867. The standard InChI is InChI=1S/C13H14N2/c1-10-5-3-6-11(2)13(10)9-12-7-4-8-14-15-12/h3-8H,9H2,1-2H3.